The lowest BCUT2D eigenvalue weighted by Crippen LogP contribution is -2.29. The molecule has 9 heteroatoms. The Bertz CT molecular complexity index is 1730. The average Bonchev–Trinajstić information content (AvgIpc) is 3.48. The lowest BCUT2D eigenvalue weighted by atomic mass is 9.77. The van der Waals surface area contributed by atoms with Gasteiger partial charge in [-0.15, -0.1) is 0 Å². The smallest absolute Gasteiger partial charge is 0.269 e. The van der Waals surface area contributed by atoms with Gasteiger partial charge in [0.1, 0.15) is 12.4 Å². The van der Waals surface area contributed by atoms with Gasteiger partial charge in [0, 0.05) is 23.7 Å². The van der Waals surface area contributed by atoms with Gasteiger partial charge >= 0.3 is 0 Å². The number of nitro groups is 1. The second kappa shape index (κ2) is 10.7. The molecular formula is C32H29N3O5S. The van der Waals surface area contributed by atoms with Crippen LogP contribution < -0.4 is 14.8 Å². The van der Waals surface area contributed by atoms with Crippen LogP contribution in [0.2, 0.25) is 0 Å². The number of fused-ring (bicyclic) bond motifs is 3. The molecule has 1 aliphatic carbocycles. The highest BCUT2D eigenvalue weighted by molar-refractivity contribution is 7.92. The summed E-state index contributed by atoms with van der Waals surface area (Å²) in [5.41, 5.74) is 5.36. The van der Waals surface area contributed by atoms with Gasteiger partial charge in [-0.1, -0.05) is 42.5 Å². The molecule has 2 aliphatic rings. The summed E-state index contributed by atoms with van der Waals surface area (Å²) in [7, 11) is -3.75. The Morgan fingerprint density at radius 2 is 1.76 bits per heavy atom. The Hall–Kier alpha value is -4.63. The molecular weight excluding hydrogens is 538 g/mol. The van der Waals surface area contributed by atoms with Crippen LogP contribution in [-0.4, -0.2) is 13.3 Å². The maximum Gasteiger partial charge on any atom is 0.269 e. The van der Waals surface area contributed by atoms with E-state index in [-0.39, 0.29) is 28.5 Å². The molecule has 1 aliphatic heterocycles. The quantitative estimate of drug-likeness (QED) is 0.133. The van der Waals surface area contributed by atoms with Crippen LogP contribution in [-0.2, 0) is 16.6 Å². The topological polar surface area (TPSA) is 111 Å². The molecule has 0 saturated heterocycles. The van der Waals surface area contributed by atoms with Gasteiger partial charge in [0.25, 0.3) is 15.7 Å². The van der Waals surface area contributed by atoms with Crippen LogP contribution in [0.1, 0.15) is 40.6 Å². The summed E-state index contributed by atoms with van der Waals surface area (Å²) >= 11 is 0. The fourth-order valence-corrected chi connectivity index (χ4v) is 6.78. The number of nitrogens with zero attached hydrogens (tertiary/aromatic N) is 1. The first-order valence-electron chi connectivity index (χ1n) is 13.4. The minimum absolute atomic E-state index is 0.0520. The summed E-state index contributed by atoms with van der Waals surface area (Å²) in [5.74, 6) is 1.06. The van der Waals surface area contributed by atoms with Gasteiger partial charge in [0.2, 0.25) is 0 Å². The van der Waals surface area contributed by atoms with Crippen molar-refractivity contribution in [3.05, 3.63) is 136 Å². The van der Waals surface area contributed by atoms with E-state index in [1.807, 2.05) is 55.5 Å². The highest BCUT2D eigenvalue weighted by Crippen LogP contribution is 2.50. The Balaban J connectivity index is 1.18. The van der Waals surface area contributed by atoms with Gasteiger partial charge in [0.05, 0.1) is 21.5 Å². The third kappa shape index (κ3) is 5.40. The summed E-state index contributed by atoms with van der Waals surface area (Å²) in [6.45, 7) is 2.19. The summed E-state index contributed by atoms with van der Waals surface area (Å²) in [6, 6.07) is 27.0. The molecule has 208 valence electrons. The fraction of sp³-hybridized carbons (Fsp3) is 0.188. The van der Waals surface area contributed by atoms with Crippen molar-refractivity contribution < 1.29 is 18.1 Å². The van der Waals surface area contributed by atoms with Crippen LogP contribution in [0.5, 0.6) is 5.75 Å². The molecule has 4 aromatic carbocycles. The van der Waals surface area contributed by atoms with E-state index in [1.165, 1.54) is 12.1 Å². The van der Waals surface area contributed by atoms with Gasteiger partial charge in [-0.3, -0.25) is 14.8 Å². The molecule has 2 N–H and O–H groups in total. The molecule has 0 fully saturated rings. The molecule has 0 radical (unpaired) electrons. The van der Waals surface area contributed by atoms with E-state index in [4.69, 9.17) is 4.74 Å². The zero-order valence-electron chi connectivity index (χ0n) is 22.4. The molecule has 4 aromatic rings. The van der Waals surface area contributed by atoms with Gasteiger partial charge in [-0.05, 0) is 90.0 Å². The van der Waals surface area contributed by atoms with Gasteiger partial charge in [0.15, 0.2) is 0 Å². The maximum absolute atomic E-state index is 13.2. The predicted octanol–water partition coefficient (Wildman–Crippen LogP) is 7.11. The van der Waals surface area contributed by atoms with Crippen molar-refractivity contribution in [3.63, 3.8) is 0 Å². The van der Waals surface area contributed by atoms with Crippen molar-refractivity contribution in [2.24, 2.45) is 5.92 Å². The van der Waals surface area contributed by atoms with Crippen molar-refractivity contribution in [2.75, 3.05) is 10.0 Å². The summed E-state index contributed by atoms with van der Waals surface area (Å²) in [5, 5.41) is 14.5. The number of ether oxygens (including phenoxy) is 1. The monoisotopic (exact) mass is 567 g/mol. The number of para-hydroxylation sites is 1. The van der Waals surface area contributed by atoms with E-state index >= 15 is 0 Å². The van der Waals surface area contributed by atoms with Crippen molar-refractivity contribution in [1.29, 1.82) is 0 Å². The van der Waals surface area contributed by atoms with Crippen LogP contribution in [0.4, 0.5) is 17.1 Å². The lowest BCUT2D eigenvalue weighted by molar-refractivity contribution is -0.384. The lowest BCUT2D eigenvalue weighted by Gasteiger charge is -2.37. The third-order valence-electron chi connectivity index (χ3n) is 7.83. The molecule has 0 aromatic heterocycles. The molecule has 0 spiro atoms. The number of nitro benzene ring substituents is 1. The van der Waals surface area contributed by atoms with Gasteiger partial charge in [-0.25, -0.2) is 8.42 Å². The SMILES string of the molecule is Cc1ccccc1NS(=O)(=O)c1ccc2c(c1)[C@H]1C=CC[C@H]1[C@@H](c1ccc(OCc3ccc([N+](=O)[O-])cc3)cc1)N2. The van der Waals surface area contributed by atoms with Crippen molar-refractivity contribution in [2.45, 2.75) is 36.8 Å². The van der Waals surface area contributed by atoms with Crippen LogP contribution in [0.25, 0.3) is 0 Å². The molecule has 0 amide bonds. The highest BCUT2D eigenvalue weighted by Gasteiger charge is 2.38. The molecule has 3 atom stereocenters. The molecule has 41 heavy (non-hydrogen) atoms. The van der Waals surface area contributed by atoms with Crippen molar-refractivity contribution >= 4 is 27.1 Å². The average molecular weight is 568 g/mol. The molecule has 0 bridgehead atoms. The number of rotatable bonds is 8. The summed E-state index contributed by atoms with van der Waals surface area (Å²) in [6.07, 6.45) is 5.25. The van der Waals surface area contributed by atoms with Crippen molar-refractivity contribution in [3.8, 4) is 5.75 Å². The Morgan fingerprint density at radius 3 is 2.49 bits per heavy atom. The van der Waals surface area contributed by atoms with E-state index < -0.39 is 14.9 Å². The molecule has 8 nitrogen and oxygen atoms in total. The van der Waals surface area contributed by atoms with E-state index in [9.17, 15) is 18.5 Å². The van der Waals surface area contributed by atoms with Crippen LogP contribution in [0.15, 0.2) is 108 Å². The second-order valence-corrected chi connectivity index (χ2v) is 12.1. The zero-order valence-corrected chi connectivity index (χ0v) is 23.2. The minimum Gasteiger partial charge on any atom is -0.489 e. The number of allylic oxidation sites excluding steroid dienone is 2. The second-order valence-electron chi connectivity index (χ2n) is 10.4. The largest absolute Gasteiger partial charge is 0.489 e. The summed E-state index contributed by atoms with van der Waals surface area (Å²) in [4.78, 5) is 10.7. The first-order valence-corrected chi connectivity index (χ1v) is 14.9. The maximum atomic E-state index is 13.2. The normalized spacial score (nSPS) is 19.1. The molecule has 0 saturated carbocycles. The van der Waals surface area contributed by atoms with Crippen LogP contribution in [0.3, 0.4) is 0 Å². The molecule has 1 heterocycles. The number of sulfonamides is 1. The fourth-order valence-electron chi connectivity index (χ4n) is 5.61. The number of nitrogens with one attached hydrogen (secondary N) is 2. The number of anilines is 2. The first kappa shape index (κ1) is 26.6. The third-order valence-corrected chi connectivity index (χ3v) is 9.19. The first-order chi connectivity index (χ1) is 19.8. The van der Waals surface area contributed by atoms with Crippen LogP contribution in [0, 0.1) is 23.0 Å². The molecule has 0 unspecified atom stereocenters. The predicted molar refractivity (Wildman–Crippen MR) is 159 cm³/mol. The highest BCUT2D eigenvalue weighted by atomic mass is 32.2. The number of hydrogen-bond acceptors (Lipinski definition) is 6. The standard InChI is InChI=1S/C32H29N3O5S/c1-21-5-2-3-8-30(21)34-41(38,39)26-17-18-31-29(19-26)27-6-4-7-28(27)32(33-31)23-11-15-25(16-12-23)40-20-22-9-13-24(14-10-22)35(36)37/h2-6,8-19,27-28,32-34H,7,20H2,1H3/t27-,28+,32+/m0/s1. The minimum atomic E-state index is -3.75. The van der Waals surface area contributed by atoms with E-state index in [0.29, 0.717) is 18.0 Å². The van der Waals surface area contributed by atoms with Gasteiger partial charge in [-0.2, -0.15) is 0 Å². The molecule has 6 rings (SSSR count). The zero-order chi connectivity index (χ0) is 28.6. The Morgan fingerprint density at radius 1 is 1.00 bits per heavy atom. The Kier molecular flexibility index (Phi) is 6.96. The van der Waals surface area contributed by atoms with E-state index in [2.05, 4.69) is 22.2 Å². The number of non-ortho nitro benzene ring substituents is 1. The number of hydrogen-bond donors (Lipinski definition) is 2. The Labute approximate surface area is 238 Å². The van der Waals surface area contributed by atoms with E-state index in [0.717, 1.165) is 34.4 Å². The van der Waals surface area contributed by atoms with Gasteiger partial charge < -0.3 is 10.1 Å². The number of benzene rings is 4. The number of aryl methyl sites for hydroxylation is 1. The van der Waals surface area contributed by atoms with Crippen LogP contribution >= 0.6 is 0 Å². The van der Waals surface area contributed by atoms with E-state index in [1.54, 1.807) is 30.3 Å². The van der Waals surface area contributed by atoms with Crippen molar-refractivity contribution in [1.82, 2.24) is 0 Å². The summed E-state index contributed by atoms with van der Waals surface area (Å²) < 4.78 is 35.1.